The van der Waals surface area contributed by atoms with Gasteiger partial charge in [-0.15, -0.1) is 5.10 Å². The first kappa shape index (κ1) is 11.4. The normalized spacial score (nSPS) is 18.7. The van der Waals surface area contributed by atoms with E-state index in [2.05, 4.69) is 20.3 Å². The van der Waals surface area contributed by atoms with Gasteiger partial charge >= 0.3 is 0 Å². The average Bonchev–Trinajstić information content (AvgIpc) is 3.19. The van der Waals surface area contributed by atoms with Crippen LogP contribution in [0.15, 0.2) is 30.7 Å². The van der Waals surface area contributed by atoms with Crippen molar-refractivity contribution in [3.8, 4) is 17.1 Å². The van der Waals surface area contributed by atoms with Gasteiger partial charge in [-0.3, -0.25) is 5.10 Å². The van der Waals surface area contributed by atoms with Crippen LogP contribution < -0.4 is 4.74 Å². The molecule has 0 bridgehead atoms. The third-order valence-corrected chi connectivity index (χ3v) is 3.31. The summed E-state index contributed by atoms with van der Waals surface area (Å²) in [6.45, 7) is 1.37. The number of ether oxygens (including phenoxy) is 2. The van der Waals surface area contributed by atoms with Crippen molar-refractivity contribution < 1.29 is 9.47 Å². The number of hydrogen-bond acceptors (Lipinski definition) is 5. The Kier molecular flexibility index (Phi) is 2.63. The van der Waals surface area contributed by atoms with Gasteiger partial charge in [0.05, 0.1) is 31.3 Å². The summed E-state index contributed by atoms with van der Waals surface area (Å²) in [6, 6.07) is 3.72. The van der Waals surface area contributed by atoms with E-state index in [0.29, 0.717) is 12.5 Å². The minimum Gasteiger partial charge on any atom is -0.471 e. The lowest BCUT2D eigenvalue weighted by molar-refractivity contribution is 0.137. The van der Waals surface area contributed by atoms with Gasteiger partial charge in [0.15, 0.2) is 5.65 Å². The fourth-order valence-electron chi connectivity index (χ4n) is 2.28. The minimum absolute atomic E-state index is 0.0841. The maximum atomic E-state index is 5.82. The maximum Gasteiger partial charge on any atom is 0.232 e. The van der Waals surface area contributed by atoms with Gasteiger partial charge in [-0.1, -0.05) is 0 Å². The summed E-state index contributed by atoms with van der Waals surface area (Å²) in [6.07, 6.45) is 6.31. The van der Waals surface area contributed by atoms with Gasteiger partial charge in [-0.2, -0.15) is 5.10 Å². The highest BCUT2D eigenvalue weighted by Gasteiger charge is 2.18. The maximum absolute atomic E-state index is 5.82. The van der Waals surface area contributed by atoms with E-state index < -0.39 is 0 Å². The van der Waals surface area contributed by atoms with Crippen LogP contribution in [0.4, 0.5) is 0 Å². The molecule has 1 aliphatic heterocycles. The van der Waals surface area contributed by atoms with E-state index in [1.807, 2.05) is 18.3 Å². The quantitative estimate of drug-likeness (QED) is 0.776. The number of hydrogen-bond donors (Lipinski definition) is 1. The zero-order valence-corrected chi connectivity index (χ0v) is 10.7. The van der Waals surface area contributed by atoms with Crippen molar-refractivity contribution in [2.24, 2.45) is 0 Å². The average molecular weight is 271 g/mol. The third-order valence-electron chi connectivity index (χ3n) is 3.31. The Hall–Kier alpha value is -2.41. The van der Waals surface area contributed by atoms with Crippen molar-refractivity contribution in [2.75, 3.05) is 13.2 Å². The molecule has 7 heteroatoms. The number of H-pyrrole nitrogens is 1. The van der Waals surface area contributed by atoms with E-state index in [0.717, 1.165) is 29.9 Å². The Balaban J connectivity index is 1.71. The van der Waals surface area contributed by atoms with E-state index in [-0.39, 0.29) is 6.10 Å². The van der Waals surface area contributed by atoms with E-state index >= 15 is 0 Å². The second kappa shape index (κ2) is 4.61. The molecule has 3 aromatic rings. The molecule has 1 N–H and O–H groups in total. The zero-order valence-electron chi connectivity index (χ0n) is 10.7. The van der Waals surface area contributed by atoms with Crippen LogP contribution in [0, 0.1) is 0 Å². The van der Waals surface area contributed by atoms with Crippen LogP contribution >= 0.6 is 0 Å². The number of rotatable bonds is 3. The van der Waals surface area contributed by atoms with Crippen LogP contribution in [0.2, 0.25) is 0 Å². The molecule has 3 aromatic heterocycles. The Morgan fingerprint density at radius 2 is 2.35 bits per heavy atom. The van der Waals surface area contributed by atoms with E-state index in [9.17, 15) is 0 Å². The van der Waals surface area contributed by atoms with Crippen molar-refractivity contribution in [3.63, 3.8) is 0 Å². The summed E-state index contributed by atoms with van der Waals surface area (Å²) in [4.78, 5) is 4.33. The van der Waals surface area contributed by atoms with Crippen molar-refractivity contribution >= 4 is 5.65 Å². The molecule has 1 saturated heterocycles. The number of aromatic nitrogens is 5. The largest absolute Gasteiger partial charge is 0.471 e. The molecule has 0 saturated carbocycles. The Bertz CT molecular complexity index is 716. The lowest BCUT2D eigenvalue weighted by Crippen LogP contribution is -2.17. The monoisotopic (exact) mass is 271 g/mol. The summed E-state index contributed by atoms with van der Waals surface area (Å²) in [5.74, 6) is 0.579. The van der Waals surface area contributed by atoms with Crippen LogP contribution in [0.1, 0.15) is 6.42 Å². The molecular weight excluding hydrogens is 258 g/mol. The Morgan fingerprint density at radius 1 is 1.35 bits per heavy atom. The van der Waals surface area contributed by atoms with Crippen molar-refractivity contribution in [1.29, 1.82) is 0 Å². The molecule has 0 amide bonds. The smallest absolute Gasteiger partial charge is 0.232 e. The van der Waals surface area contributed by atoms with Crippen molar-refractivity contribution in [1.82, 2.24) is 24.8 Å². The summed E-state index contributed by atoms with van der Waals surface area (Å²) in [5, 5.41) is 11.2. The highest BCUT2D eigenvalue weighted by atomic mass is 16.5. The van der Waals surface area contributed by atoms with Gasteiger partial charge in [0.2, 0.25) is 5.88 Å². The third kappa shape index (κ3) is 1.92. The second-order valence-electron chi connectivity index (χ2n) is 4.68. The number of nitrogens with zero attached hydrogens (tertiary/aromatic N) is 4. The van der Waals surface area contributed by atoms with E-state index in [1.54, 1.807) is 16.9 Å². The molecule has 0 radical (unpaired) electrons. The first-order valence-corrected chi connectivity index (χ1v) is 6.48. The summed E-state index contributed by atoms with van der Waals surface area (Å²) in [5.41, 5.74) is 2.59. The lowest BCUT2D eigenvalue weighted by atomic mass is 10.3. The van der Waals surface area contributed by atoms with Gasteiger partial charge in [-0.05, 0) is 6.07 Å². The topological polar surface area (TPSA) is 77.3 Å². The standard InChI is InChI=1S/C13H13N5O2/c1-2-13(20-10-3-4-19-8-10)17-18-11(7-14-12(1)18)9-5-15-16-6-9/h1-2,5-7,10H,3-4,8H2,(H,15,16)/t10-/m0/s1. The molecule has 102 valence electrons. The predicted octanol–water partition coefficient (Wildman–Crippen LogP) is 1.29. The van der Waals surface area contributed by atoms with Gasteiger partial charge < -0.3 is 9.47 Å². The number of nitrogens with one attached hydrogen (secondary N) is 1. The molecule has 1 fully saturated rings. The molecule has 0 unspecified atom stereocenters. The molecule has 20 heavy (non-hydrogen) atoms. The number of aromatic amines is 1. The molecular formula is C13H13N5O2. The summed E-state index contributed by atoms with van der Waals surface area (Å²) in [7, 11) is 0. The SMILES string of the molecule is c1n[nH]cc1-c1cnc2ccc(O[C@H]3CCOC3)nn12. The molecule has 1 aliphatic rings. The van der Waals surface area contributed by atoms with Crippen LogP contribution in [0.25, 0.3) is 16.9 Å². The minimum atomic E-state index is 0.0841. The first-order valence-electron chi connectivity index (χ1n) is 6.48. The molecule has 0 aromatic carbocycles. The van der Waals surface area contributed by atoms with Crippen LogP contribution in [0.3, 0.4) is 0 Å². The van der Waals surface area contributed by atoms with Gasteiger partial charge in [-0.25, -0.2) is 9.50 Å². The highest BCUT2D eigenvalue weighted by Crippen LogP contribution is 2.21. The van der Waals surface area contributed by atoms with E-state index in [1.165, 1.54) is 0 Å². The Morgan fingerprint density at radius 3 is 3.15 bits per heavy atom. The molecule has 4 heterocycles. The molecule has 1 atom stereocenters. The van der Waals surface area contributed by atoms with Crippen molar-refractivity contribution in [3.05, 3.63) is 30.7 Å². The van der Waals surface area contributed by atoms with Gasteiger partial charge in [0.25, 0.3) is 0 Å². The highest BCUT2D eigenvalue weighted by molar-refractivity contribution is 5.61. The fraction of sp³-hybridized carbons (Fsp3) is 0.308. The van der Waals surface area contributed by atoms with Crippen LogP contribution in [0.5, 0.6) is 5.88 Å². The predicted molar refractivity (Wildman–Crippen MR) is 70.4 cm³/mol. The Labute approximate surface area is 114 Å². The molecule has 7 nitrogen and oxygen atoms in total. The molecule has 0 aliphatic carbocycles. The molecule has 0 spiro atoms. The first-order chi connectivity index (χ1) is 9.90. The second-order valence-corrected chi connectivity index (χ2v) is 4.68. The van der Waals surface area contributed by atoms with Crippen molar-refractivity contribution in [2.45, 2.75) is 12.5 Å². The zero-order chi connectivity index (χ0) is 13.4. The van der Waals surface area contributed by atoms with Crippen LogP contribution in [-0.4, -0.2) is 44.1 Å². The van der Waals surface area contributed by atoms with Gasteiger partial charge in [0.1, 0.15) is 6.10 Å². The summed E-state index contributed by atoms with van der Waals surface area (Å²) >= 11 is 0. The van der Waals surface area contributed by atoms with Crippen LogP contribution in [-0.2, 0) is 4.74 Å². The molecule has 4 rings (SSSR count). The fourth-order valence-corrected chi connectivity index (χ4v) is 2.28. The number of imidazole rings is 1. The number of fused-ring (bicyclic) bond motifs is 1. The lowest BCUT2D eigenvalue weighted by Gasteiger charge is -2.10. The van der Waals surface area contributed by atoms with Gasteiger partial charge in [0, 0.05) is 24.2 Å². The van der Waals surface area contributed by atoms with E-state index in [4.69, 9.17) is 9.47 Å². The summed E-state index contributed by atoms with van der Waals surface area (Å²) < 4.78 is 12.9.